The van der Waals surface area contributed by atoms with E-state index in [-0.39, 0.29) is 0 Å². The fourth-order valence-corrected chi connectivity index (χ4v) is 2.21. The Morgan fingerprint density at radius 2 is 1.92 bits per heavy atom. The third kappa shape index (κ3) is 2.19. The molecule has 1 aliphatic heterocycles. The van der Waals surface area contributed by atoms with Gasteiger partial charge in [0.2, 0.25) is 0 Å². The highest BCUT2D eigenvalue weighted by atomic mass is 35.5. The van der Waals surface area contributed by atoms with Gasteiger partial charge in [0, 0.05) is 22.5 Å². The summed E-state index contributed by atoms with van der Waals surface area (Å²) in [5.41, 5.74) is 1.06. The second-order valence-electron chi connectivity index (χ2n) is 2.58. The average Bonchev–Trinajstić information content (AvgIpc) is 2.47. The first-order valence-electron chi connectivity index (χ1n) is 4.34. The normalized spacial score (nSPS) is 24.6. The van der Waals surface area contributed by atoms with Crippen molar-refractivity contribution in [2.75, 3.05) is 0 Å². The zero-order valence-corrected chi connectivity index (χ0v) is 9.58. The minimum absolute atomic E-state index is 0.638. The van der Waals surface area contributed by atoms with Gasteiger partial charge in [-0.15, -0.1) is 0 Å². The third-order valence-corrected chi connectivity index (χ3v) is 2.98. The molecular formula is C10H13ClOS. The number of alkyl halides is 1. The van der Waals surface area contributed by atoms with Crippen LogP contribution >= 0.6 is 23.6 Å². The van der Waals surface area contributed by atoms with Crippen LogP contribution in [0.5, 0.6) is 0 Å². The highest BCUT2D eigenvalue weighted by Crippen LogP contribution is 2.47. The number of benzene rings is 1. The zero-order valence-electron chi connectivity index (χ0n) is 8.00. The predicted octanol–water partition coefficient (Wildman–Crippen LogP) is 4.16. The fourth-order valence-electron chi connectivity index (χ4n) is 1.08. The summed E-state index contributed by atoms with van der Waals surface area (Å²) in [6.07, 6.45) is 0. The smallest absolute Gasteiger partial charge is 0.179 e. The van der Waals surface area contributed by atoms with Crippen LogP contribution in [0, 0.1) is 0 Å². The summed E-state index contributed by atoms with van der Waals surface area (Å²) in [5, 5.41) is -0.638. The summed E-state index contributed by atoms with van der Waals surface area (Å²) >= 11 is 7.40. The van der Waals surface area contributed by atoms with Crippen molar-refractivity contribution < 1.29 is 4.18 Å². The van der Waals surface area contributed by atoms with E-state index in [1.807, 2.05) is 45.0 Å². The summed E-state index contributed by atoms with van der Waals surface area (Å²) in [7, 11) is 0. The standard InChI is InChI=1S/C8H7ClOS.C2H6/c1-8(9)6-4-2-3-5-7(6)11-10-8;1-2/h2-5H,1H3;1-2H3. The van der Waals surface area contributed by atoms with Crippen LogP contribution < -0.4 is 0 Å². The van der Waals surface area contributed by atoms with Crippen LogP contribution in [0.4, 0.5) is 0 Å². The van der Waals surface area contributed by atoms with Crippen molar-refractivity contribution in [3.63, 3.8) is 0 Å². The van der Waals surface area contributed by atoms with E-state index in [4.69, 9.17) is 15.8 Å². The minimum atomic E-state index is -0.638. The molecule has 1 atom stereocenters. The quantitative estimate of drug-likeness (QED) is 0.476. The molecule has 72 valence electrons. The minimum Gasteiger partial charge on any atom is -0.283 e. The first kappa shape index (κ1) is 10.9. The van der Waals surface area contributed by atoms with E-state index >= 15 is 0 Å². The molecule has 13 heavy (non-hydrogen) atoms. The molecule has 0 bridgehead atoms. The van der Waals surface area contributed by atoms with E-state index in [1.54, 1.807) is 0 Å². The Morgan fingerprint density at radius 3 is 2.54 bits per heavy atom. The predicted molar refractivity (Wildman–Crippen MR) is 57.9 cm³/mol. The third-order valence-electron chi connectivity index (χ3n) is 1.66. The van der Waals surface area contributed by atoms with Gasteiger partial charge >= 0.3 is 0 Å². The molecule has 0 fully saturated rings. The first-order valence-corrected chi connectivity index (χ1v) is 5.46. The van der Waals surface area contributed by atoms with Gasteiger partial charge in [0.15, 0.2) is 5.06 Å². The van der Waals surface area contributed by atoms with Crippen LogP contribution in [0.25, 0.3) is 0 Å². The number of hydrogen-bond acceptors (Lipinski definition) is 2. The summed E-state index contributed by atoms with van der Waals surface area (Å²) in [6.45, 7) is 5.85. The molecule has 0 aliphatic carbocycles. The van der Waals surface area contributed by atoms with E-state index < -0.39 is 5.06 Å². The van der Waals surface area contributed by atoms with Gasteiger partial charge in [0.25, 0.3) is 0 Å². The molecule has 0 aromatic heterocycles. The highest BCUT2D eigenvalue weighted by molar-refractivity contribution is 7.95. The van der Waals surface area contributed by atoms with E-state index in [0.29, 0.717) is 0 Å². The molecule has 1 aliphatic rings. The Kier molecular flexibility index (Phi) is 3.65. The van der Waals surface area contributed by atoms with E-state index in [2.05, 4.69) is 0 Å². The van der Waals surface area contributed by atoms with Crippen LogP contribution in [-0.4, -0.2) is 0 Å². The molecule has 0 amide bonds. The summed E-state index contributed by atoms with van der Waals surface area (Å²) in [5.74, 6) is 0. The number of halogens is 1. The van der Waals surface area contributed by atoms with Gasteiger partial charge in [-0.25, -0.2) is 0 Å². The van der Waals surface area contributed by atoms with Crippen molar-refractivity contribution in [3.05, 3.63) is 29.8 Å². The lowest BCUT2D eigenvalue weighted by atomic mass is 10.1. The monoisotopic (exact) mass is 216 g/mol. The van der Waals surface area contributed by atoms with E-state index in [0.717, 1.165) is 10.5 Å². The molecule has 2 rings (SSSR count). The Bertz CT molecular complexity index is 286. The average molecular weight is 217 g/mol. The van der Waals surface area contributed by atoms with Crippen molar-refractivity contribution in [2.45, 2.75) is 30.7 Å². The molecule has 0 N–H and O–H groups in total. The zero-order chi connectivity index (χ0) is 9.90. The van der Waals surface area contributed by atoms with E-state index in [9.17, 15) is 0 Å². The van der Waals surface area contributed by atoms with Crippen molar-refractivity contribution in [1.82, 2.24) is 0 Å². The molecule has 1 aromatic rings. The summed E-state index contributed by atoms with van der Waals surface area (Å²) < 4.78 is 5.29. The molecule has 1 unspecified atom stereocenters. The van der Waals surface area contributed by atoms with Crippen LogP contribution in [0.1, 0.15) is 26.3 Å². The second kappa shape index (κ2) is 4.36. The van der Waals surface area contributed by atoms with Crippen LogP contribution in [-0.2, 0) is 9.24 Å². The fraction of sp³-hybridized carbons (Fsp3) is 0.400. The molecule has 1 heterocycles. The SMILES string of the molecule is CC.CC1(Cl)OSc2ccccc21. The Balaban J connectivity index is 0.000000396. The molecule has 3 heteroatoms. The van der Waals surface area contributed by atoms with Gasteiger partial charge < -0.3 is 0 Å². The molecule has 1 aromatic carbocycles. The molecule has 0 radical (unpaired) electrons. The summed E-state index contributed by atoms with van der Waals surface area (Å²) in [6, 6.07) is 7.94. The molecule has 0 spiro atoms. The molecule has 0 saturated heterocycles. The van der Waals surface area contributed by atoms with Gasteiger partial charge in [0.05, 0.1) is 0 Å². The molecular weight excluding hydrogens is 204 g/mol. The topological polar surface area (TPSA) is 9.23 Å². The Morgan fingerprint density at radius 1 is 1.31 bits per heavy atom. The molecule has 0 saturated carbocycles. The largest absolute Gasteiger partial charge is 0.283 e. The number of fused-ring (bicyclic) bond motifs is 1. The van der Waals surface area contributed by atoms with E-state index in [1.165, 1.54) is 12.0 Å². The number of hydrogen-bond donors (Lipinski definition) is 0. The van der Waals surface area contributed by atoms with Gasteiger partial charge in [0.1, 0.15) is 0 Å². The van der Waals surface area contributed by atoms with Crippen LogP contribution in [0.15, 0.2) is 29.2 Å². The maximum absolute atomic E-state index is 6.06. The van der Waals surface area contributed by atoms with Gasteiger partial charge in [-0.1, -0.05) is 43.6 Å². The summed E-state index contributed by atoms with van der Waals surface area (Å²) in [4.78, 5) is 1.12. The van der Waals surface area contributed by atoms with Crippen LogP contribution in [0.3, 0.4) is 0 Å². The second-order valence-corrected chi connectivity index (χ2v) is 4.07. The Labute approximate surface area is 88.6 Å². The first-order chi connectivity index (χ1) is 6.20. The molecule has 1 nitrogen and oxygen atoms in total. The van der Waals surface area contributed by atoms with Crippen LogP contribution in [0.2, 0.25) is 0 Å². The van der Waals surface area contributed by atoms with Gasteiger partial charge in [-0.2, -0.15) is 0 Å². The lowest BCUT2D eigenvalue weighted by Gasteiger charge is -2.12. The maximum atomic E-state index is 6.06. The van der Waals surface area contributed by atoms with Gasteiger partial charge in [-0.05, 0) is 13.0 Å². The maximum Gasteiger partial charge on any atom is 0.179 e. The lowest BCUT2D eigenvalue weighted by molar-refractivity contribution is 0.233. The highest BCUT2D eigenvalue weighted by Gasteiger charge is 2.34. The van der Waals surface area contributed by atoms with Crippen molar-refractivity contribution in [2.24, 2.45) is 0 Å². The van der Waals surface area contributed by atoms with Crippen molar-refractivity contribution in [3.8, 4) is 0 Å². The van der Waals surface area contributed by atoms with Gasteiger partial charge in [-0.3, -0.25) is 4.18 Å². The van der Waals surface area contributed by atoms with Crippen molar-refractivity contribution in [1.29, 1.82) is 0 Å². The number of rotatable bonds is 0. The lowest BCUT2D eigenvalue weighted by Crippen LogP contribution is -2.09. The van der Waals surface area contributed by atoms with Crippen molar-refractivity contribution >= 4 is 23.6 Å². The Hall–Kier alpha value is -0.180.